The number of anilines is 3. The van der Waals surface area contributed by atoms with Crippen molar-refractivity contribution in [3.63, 3.8) is 0 Å². The lowest BCUT2D eigenvalue weighted by Gasteiger charge is -2.25. The molecule has 0 aliphatic rings. The van der Waals surface area contributed by atoms with E-state index in [4.69, 9.17) is 35.2 Å². The molecule has 1 aromatic carbocycles. The number of carbonyl (C=O) groups excluding carboxylic acids is 6. The van der Waals surface area contributed by atoms with Gasteiger partial charge in [0, 0.05) is 70.8 Å². The number of fused-ring (bicyclic) bond motifs is 1. The van der Waals surface area contributed by atoms with Gasteiger partial charge >= 0.3 is 11.9 Å². The van der Waals surface area contributed by atoms with Crippen molar-refractivity contribution < 1.29 is 52.5 Å². The van der Waals surface area contributed by atoms with Crippen LogP contribution in [0.15, 0.2) is 30.5 Å². The van der Waals surface area contributed by atoms with Gasteiger partial charge in [0.25, 0.3) is 5.91 Å². The molecule has 0 aliphatic carbocycles. The number of esters is 2. The second kappa shape index (κ2) is 28.6. The summed E-state index contributed by atoms with van der Waals surface area (Å²) in [5.74, 6) is -2.39. The van der Waals surface area contributed by atoms with E-state index in [0.29, 0.717) is 70.1 Å². The molecule has 1 atom stereocenters. The molecule has 0 radical (unpaired) electrons. The molecule has 3 aromatic rings. The fourth-order valence-corrected chi connectivity index (χ4v) is 6.16. The average molecular weight is 926 g/mol. The molecule has 0 saturated heterocycles. The zero-order chi connectivity index (χ0) is 48.5. The van der Waals surface area contributed by atoms with Crippen LogP contribution in [0.4, 0.5) is 17.5 Å². The van der Waals surface area contributed by atoms with Gasteiger partial charge in [-0.25, -0.2) is 14.8 Å². The molecular formula is C44H67N11O11. The number of nitrogens with zero attached hydrogens (tertiary/aromatic N) is 6. The first-order chi connectivity index (χ1) is 31.5. The summed E-state index contributed by atoms with van der Waals surface area (Å²) >= 11 is 0. The molecule has 364 valence electrons. The SMILES string of the molecule is CCOC(=O)CCC(=O)N(CCCNC(=O)CCOCCOCCOC)CCCNC(=O)CC[C@@H](NC(=O)c1ccc(N(C)Cc2cnc3nc(N)nc(N)c3n2)cc1)C(=O)OC(C)(C)C. The molecule has 0 unspecified atom stereocenters. The average Bonchev–Trinajstić information content (AvgIpc) is 3.26. The summed E-state index contributed by atoms with van der Waals surface area (Å²) < 4.78 is 26.2. The number of nitrogens with two attached hydrogens (primary N) is 2. The van der Waals surface area contributed by atoms with Crippen LogP contribution in [0.2, 0.25) is 0 Å². The first kappa shape index (κ1) is 54.1. The molecule has 0 bridgehead atoms. The van der Waals surface area contributed by atoms with Gasteiger partial charge < -0.3 is 60.9 Å². The predicted molar refractivity (Wildman–Crippen MR) is 245 cm³/mol. The number of methoxy groups -OCH3 is 1. The second-order valence-electron chi connectivity index (χ2n) is 16.1. The molecule has 22 nitrogen and oxygen atoms in total. The van der Waals surface area contributed by atoms with E-state index in [9.17, 15) is 28.8 Å². The molecule has 0 aliphatic heterocycles. The van der Waals surface area contributed by atoms with Crippen molar-refractivity contribution in [2.75, 3.05) is 96.3 Å². The molecule has 22 heteroatoms. The molecular weight excluding hydrogens is 859 g/mol. The number of hydrogen-bond acceptors (Lipinski definition) is 18. The quantitative estimate of drug-likeness (QED) is 0.0469. The minimum absolute atomic E-state index is 0.00301. The normalized spacial score (nSPS) is 11.7. The minimum atomic E-state index is -1.13. The Labute approximate surface area is 385 Å². The van der Waals surface area contributed by atoms with Crippen LogP contribution in [0.25, 0.3) is 11.2 Å². The summed E-state index contributed by atoms with van der Waals surface area (Å²) in [6, 6.07) is 5.59. The van der Waals surface area contributed by atoms with Gasteiger partial charge in [0.05, 0.1) is 64.5 Å². The van der Waals surface area contributed by atoms with E-state index >= 15 is 0 Å². The fourth-order valence-electron chi connectivity index (χ4n) is 6.16. The highest BCUT2D eigenvalue weighted by Gasteiger charge is 2.28. The van der Waals surface area contributed by atoms with Crippen molar-refractivity contribution in [2.24, 2.45) is 0 Å². The smallest absolute Gasteiger partial charge is 0.329 e. The number of ether oxygens (including phenoxy) is 5. The van der Waals surface area contributed by atoms with Crippen LogP contribution in [0.5, 0.6) is 0 Å². The topological polar surface area (TPSA) is 295 Å². The van der Waals surface area contributed by atoms with E-state index in [1.54, 1.807) is 70.2 Å². The van der Waals surface area contributed by atoms with E-state index in [-0.39, 0.29) is 99.1 Å². The molecule has 2 heterocycles. The number of hydrogen-bond donors (Lipinski definition) is 5. The van der Waals surface area contributed by atoms with Gasteiger partial charge in [0.1, 0.15) is 11.6 Å². The van der Waals surface area contributed by atoms with Gasteiger partial charge in [-0.2, -0.15) is 9.97 Å². The maximum Gasteiger partial charge on any atom is 0.329 e. The van der Waals surface area contributed by atoms with E-state index in [1.807, 2.05) is 11.9 Å². The van der Waals surface area contributed by atoms with E-state index in [0.717, 1.165) is 5.69 Å². The molecule has 0 spiro atoms. The lowest BCUT2D eigenvalue weighted by Crippen LogP contribution is -2.45. The fraction of sp³-hybridized carbons (Fsp3) is 0.591. The van der Waals surface area contributed by atoms with E-state index < -0.39 is 29.5 Å². The zero-order valence-electron chi connectivity index (χ0n) is 39.0. The van der Waals surface area contributed by atoms with Crippen molar-refractivity contribution in [3.8, 4) is 0 Å². The third-order valence-corrected chi connectivity index (χ3v) is 9.46. The summed E-state index contributed by atoms with van der Waals surface area (Å²) in [5, 5.41) is 8.36. The van der Waals surface area contributed by atoms with Crippen LogP contribution in [0.1, 0.15) is 88.7 Å². The Morgan fingerprint density at radius 3 is 2.08 bits per heavy atom. The summed E-state index contributed by atoms with van der Waals surface area (Å²) in [6.07, 6.45) is 2.33. The van der Waals surface area contributed by atoms with Crippen LogP contribution in [-0.4, -0.2) is 152 Å². The molecule has 4 amide bonds. The number of amides is 4. The van der Waals surface area contributed by atoms with Crippen LogP contribution >= 0.6 is 0 Å². The Morgan fingerprint density at radius 2 is 1.44 bits per heavy atom. The summed E-state index contributed by atoms with van der Waals surface area (Å²) in [6.45, 7) is 10.4. The Morgan fingerprint density at radius 1 is 0.803 bits per heavy atom. The lowest BCUT2D eigenvalue weighted by atomic mass is 10.1. The Bertz CT molecular complexity index is 2030. The lowest BCUT2D eigenvalue weighted by molar-refractivity contribution is -0.157. The van der Waals surface area contributed by atoms with Crippen LogP contribution in [0, 0.1) is 0 Å². The highest BCUT2D eigenvalue weighted by molar-refractivity contribution is 5.97. The largest absolute Gasteiger partial charge is 0.466 e. The highest BCUT2D eigenvalue weighted by atomic mass is 16.6. The Hall–Kier alpha value is -6.26. The number of benzene rings is 1. The van der Waals surface area contributed by atoms with E-state index in [2.05, 4.69) is 35.9 Å². The molecule has 3 rings (SSSR count). The van der Waals surface area contributed by atoms with Crippen LogP contribution in [0.3, 0.4) is 0 Å². The van der Waals surface area contributed by atoms with Crippen molar-refractivity contribution in [1.82, 2.24) is 40.8 Å². The third-order valence-electron chi connectivity index (χ3n) is 9.46. The number of aromatic nitrogens is 4. The number of nitrogens with one attached hydrogen (secondary N) is 3. The van der Waals surface area contributed by atoms with Gasteiger partial charge in [-0.1, -0.05) is 0 Å². The molecule has 0 saturated carbocycles. The highest BCUT2D eigenvalue weighted by Crippen LogP contribution is 2.19. The third kappa shape index (κ3) is 20.7. The Balaban J connectivity index is 1.50. The first-order valence-electron chi connectivity index (χ1n) is 22.0. The van der Waals surface area contributed by atoms with Gasteiger partial charge in [-0.3, -0.25) is 24.0 Å². The number of rotatable bonds is 30. The summed E-state index contributed by atoms with van der Waals surface area (Å²) in [7, 11) is 3.43. The molecule has 2 aromatic heterocycles. The minimum Gasteiger partial charge on any atom is -0.466 e. The van der Waals surface area contributed by atoms with Crippen LogP contribution in [-0.2, 0) is 54.2 Å². The summed E-state index contributed by atoms with van der Waals surface area (Å²) in [4.78, 5) is 97.3. The van der Waals surface area contributed by atoms with Gasteiger partial charge in [-0.05, 0) is 71.2 Å². The Kier molecular flexibility index (Phi) is 23.4. The molecule has 7 N–H and O–H groups in total. The van der Waals surface area contributed by atoms with Crippen molar-refractivity contribution >= 4 is 64.2 Å². The van der Waals surface area contributed by atoms with Crippen molar-refractivity contribution in [2.45, 2.75) is 90.8 Å². The van der Waals surface area contributed by atoms with Gasteiger partial charge in [0.15, 0.2) is 17.0 Å². The van der Waals surface area contributed by atoms with Gasteiger partial charge in [-0.15, -0.1) is 0 Å². The second-order valence-corrected chi connectivity index (χ2v) is 16.1. The van der Waals surface area contributed by atoms with Crippen molar-refractivity contribution in [3.05, 3.63) is 41.7 Å². The van der Waals surface area contributed by atoms with E-state index in [1.165, 1.54) is 0 Å². The number of carbonyl (C=O) groups is 6. The van der Waals surface area contributed by atoms with Crippen molar-refractivity contribution in [1.29, 1.82) is 0 Å². The first-order valence-corrected chi connectivity index (χ1v) is 22.0. The monoisotopic (exact) mass is 926 g/mol. The van der Waals surface area contributed by atoms with Crippen LogP contribution < -0.4 is 32.3 Å². The summed E-state index contributed by atoms with van der Waals surface area (Å²) in [5.41, 5.74) is 13.0. The maximum atomic E-state index is 13.4. The molecule has 66 heavy (non-hydrogen) atoms. The maximum absolute atomic E-state index is 13.4. The molecule has 0 fully saturated rings. The predicted octanol–water partition coefficient (Wildman–Crippen LogP) is 1.70. The zero-order valence-corrected chi connectivity index (χ0v) is 39.0. The standard InChI is InChI=1S/C44H67N11O11/c1-7-65-37(59)17-16-36(58)55(22-9-20-48-35(57)18-23-63-26-27-64-25-24-62-6)21-8-19-47-34(56)15-14-33(42(61)66-44(2,3)4)51-41(60)30-10-12-32(13-11-30)54(5)29-31-28-49-40-38(50-31)39(45)52-43(46)53-40/h10-13,28,33H,7-9,14-27,29H2,1-6H3,(H,47,56)(H,48,57)(H,51,60)(H4,45,46,49,52,53)/t33-/m1/s1. The van der Waals surface area contributed by atoms with Gasteiger partial charge in [0.2, 0.25) is 23.7 Å². The number of nitrogen functional groups attached to an aromatic ring is 2.